The zero-order chi connectivity index (χ0) is 13.1. The van der Waals surface area contributed by atoms with Crippen LogP contribution in [0.15, 0.2) is 36.1 Å². The summed E-state index contributed by atoms with van der Waals surface area (Å²) in [7, 11) is 0. The maximum atomic E-state index is 5.78. The van der Waals surface area contributed by atoms with Crippen molar-refractivity contribution in [2.45, 2.75) is 13.5 Å². The van der Waals surface area contributed by atoms with Crippen LogP contribution in [0.2, 0.25) is 0 Å². The first-order chi connectivity index (χ1) is 9.36. The Morgan fingerprint density at radius 2 is 2.42 bits per heavy atom. The summed E-state index contributed by atoms with van der Waals surface area (Å²) >= 11 is 1.67. The van der Waals surface area contributed by atoms with E-state index in [1.165, 1.54) is 4.88 Å². The Hall–Kier alpha value is -2.08. The van der Waals surface area contributed by atoms with Crippen LogP contribution in [0.3, 0.4) is 0 Å². The molecular weight excluding hydrogens is 260 g/mol. The van der Waals surface area contributed by atoms with E-state index in [2.05, 4.69) is 15.3 Å². The molecule has 98 valence electrons. The Labute approximate surface area is 114 Å². The third-order valence-corrected chi connectivity index (χ3v) is 3.48. The molecule has 0 aromatic carbocycles. The van der Waals surface area contributed by atoms with E-state index in [1.54, 1.807) is 17.5 Å². The van der Waals surface area contributed by atoms with Gasteiger partial charge in [-0.25, -0.2) is 4.98 Å². The number of ether oxygens (including phenoxy) is 1. The first kappa shape index (κ1) is 12.0. The highest BCUT2D eigenvalue weighted by atomic mass is 32.1. The molecule has 3 aromatic heterocycles. The lowest BCUT2D eigenvalue weighted by molar-refractivity contribution is 0.300. The van der Waals surface area contributed by atoms with Gasteiger partial charge in [0.2, 0.25) is 5.65 Å². The minimum atomic E-state index is 0.517. The molecule has 0 saturated heterocycles. The molecule has 0 aliphatic rings. The lowest BCUT2D eigenvalue weighted by atomic mass is 10.5. The molecule has 0 spiro atoms. The molecule has 0 bridgehead atoms. The maximum absolute atomic E-state index is 5.78. The smallest absolute Gasteiger partial charge is 0.260 e. The maximum Gasteiger partial charge on any atom is 0.260 e. The summed E-state index contributed by atoms with van der Waals surface area (Å²) in [6.07, 6.45) is 5.53. The van der Waals surface area contributed by atoms with E-state index in [4.69, 9.17) is 4.74 Å². The Morgan fingerprint density at radius 3 is 3.21 bits per heavy atom. The van der Waals surface area contributed by atoms with Gasteiger partial charge in [-0.05, 0) is 18.4 Å². The summed E-state index contributed by atoms with van der Waals surface area (Å²) in [4.78, 5) is 9.89. The van der Waals surface area contributed by atoms with E-state index in [0.717, 1.165) is 18.0 Å². The molecule has 1 N–H and O–H groups in total. The fraction of sp³-hybridized carbons (Fsp3) is 0.231. The minimum absolute atomic E-state index is 0.517. The number of anilines is 1. The number of imidazole rings is 1. The number of rotatable bonds is 5. The molecule has 3 heterocycles. The first-order valence-corrected chi connectivity index (χ1v) is 6.97. The largest absolute Gasteiger partial charge is 0.469 e. The van der Waals surface area contributed by atoms with Gasteiger partial charge >= 0.3 is 0 Å². The van der Waals surface area contributed by atoms with E-state index in [-0.39, 0.29) is 0 Å². The highest BCUT2D eigenvalue weighted by Crippen LogP contribution is 2.20. The van der Waals surface area contributed by atoms with Crippen molar-refractivity contribution in [2.24, 2.45) is 0 Å². The number of aromatic nitrogens is 3. The number of thiophene rings is 1. The molecule has 0 radical (unpaired) electrons. The van der Waals surface area contributed by atoms with Gasteiger partial charge in [0.05, 0.1) is 6.20 Å². The normalized spacial score (nSPS) is 10.8. The molecular formula is C13H14N4OS. The predicted molar refractivity (Wildman–Crippen MR) is 75.8 cm³/mol. The average molecular weight is 274 g/mol. The van der Waals surface area contributed by atoms with E-state index in [0.29, 0.717) is 12.5 Å². The first-order valence-electron chi connectivity index (χ1n) is 6.09. The standard InChI is InChI=1S/C13H14N4OS/c1-2-14-11-8-17-6-5-15-12(17)13(16-11)18-9-10-4-3-7-19-10/h3-8,14H,2,9H2,1H3. The molecule has 0 unspecified atom stereocenters. The van der Waals surface area contributed by atoms with Crippen molar-refractivity contribution in [1.29, 1.82) is 0 Å². The molecule has 5 nitrogen and oxygen atoms in total. The zero-order valence-electron chi connectivity index (χ0n) is 10.5. The van der Waals surface area contributed by atoms with Crippen molar-refractivity contribution < 1.29 is 4.74 Å². The van der Waals surface area contributed by atoms with Crippen LogP contribution in [-0.2, 0) is 6.61 Å². The van der Waals surface area contributed by atoms with E-state index in [9.17, 15) is 0 Å². The van der Waals surface area contributed by atoms with Crippen LogP contribution in [0.4, 0.5) is 5.82 Å². The second-order valence-corrected chi connectivity index (χ2v) is 5.02. The van der Waals surface area contributed by atoms with Gasteiger partial charge in [0, 0.05) is 23.8 Å². The fourth-order valence-corrected chi connectivity index (χ4v) is 2.42. The minimum Gasteiger partial charge on any atom is -0.469 e. The summed E-state index contributed by atoms with van der Waals surface area (Å²) in [5.74, 6) is 1.34. The molecule has 0 amide bonds. The third kappa shape index (κ3) is 2.53. The summed E-state index contributed by atoms with van der Waals surface area (Å²) in [6, 6.07) is 4.05. The summed E-state index contributed by atoms with van der Waals surface area (Å²) in [5, 5.41) is 5.22. The molecule has 0 aliphatic carbocycles. The number of nitrogens with zero attached hydrogens (tertiary/aromatic N) is 3. The van der Waals surface area contributed by atoms with Crippen LogP contribution in [0.25, 0.3) is 5.65 Å². The van der Waals surface area contributed by atoms with Crippen molar-refractivity contribution in [2.75, 3.05) is 11.9 Å². The highest BCUT2D eigenvalue weighted by molar-refractivity contribution is 7.09. The van der Waals surface area contributed by atoms with Crippen LogP contribution < -0.4 is 10.1 Å². The Kier molecular flexibility index (Phi) is 3.33. The van der Waals surface area contributed by atoms with Crippen LogP contribution in [0.1, 0.15) is 11.8 Å². The van der Waals surface area contributed by atoms with Gasteiger partial charge in [-0.1, -0.05) is 6.07 Å². The van der Waals surface area contributed by atoms with Crippen molar-refractivity contribution in [3.63, 3.8) is 0 Å². The van der Waals surface area contributed by atoms with Crippen LogP contribution in [0, 0.1) is 0 Å². The quantitative estimate of drug-likeness (QED) is 0.777. The van der Waals surface area contributed by atoms with Gasteiger partial charge in [-0.3, -0.25) is 4.40 Å². The molecule has 0 fully saturated rings. The number of hydrogen-bond acceptors (Lipinski definition) is 5. The van der Waals surface area contributed by atoms with Gasteiger partial charge in [-0.15, -0.1) is 11.3 Å². The molecule has 0 saturated carbocycles. The van der Waals surface area contributed by atoms with E-state index < -0.39 is 0 Å². The molecule has 3 rings (SSSR count). The molecule has 0 aliphatic heterocycles. The lowest BCUT2D eigenvalue weighted by Crippen LogP contribution is -2.04. The molecule has 3 aromatic rings. The molecule has 19 heavy (non-hydrogen) atoms. The molecule has 6 heteroatoms. The summed E-state index contributed by atoms with van der Waals surface area (Å²) < 4.78 is 7.70. The topological polar surface area (TPSA) is 51.5 Å². The predicted octanol–water partition coefficient (Wildman–Crippen LogP) is 2.80. The van der Waals surface area contributed by atoms with Crippen molar-refractivity contribution >= 4 is 22.8 Å². The van der Waals surface area contributed by atoms with Crippen LogP contribution >= 0.6 is 11.3 Å². The van der Waals surface area contributed by atoms with Crippen molar-refractivity contribution in [3.05, 3.63) is 41.0 Å². The van der Waals surface area contributed by atoms with Crippen LogP contribution in [-0.4, -0.2) is 20.9 Å². The zero-order valence-corrected chi connectivity index (χ0v) is 11.4. The summed E-state index contributed by atoms with van der Waals surface area (Å²) in [6.45, 7) is 3.37. The fourth-order valence-electron chi connectivity index (χ4n) is 1.80. The second kappa shape index (κ2) is 5.27. The van der Waals surface area contributed by atoms with Gasteiger partial charge < -0.3 is 10.1 Å². The number of nitrogens with one attached hydrogen (secondary N) is 1. The van der Waals surface area contributed by atoms with Gasteiger partial charge in [0.1, 0.15) is 12.4 Å². The number of hydrogen-bond donors (Lipinski definition) is 1. The Bertz CT molecular complexity index is 662. The second-order valence-electron chi connectivity index (χ2n) is 3.99. The lowest BCUT2D eigenvalue weighted by Gasteiger charge is -2.08. The van der Waals surface area contributed by atoms with E-state index >= 15 is 0 Å². The van der Waals surface area contributed by atoms with Crippen LogP contribution in [0.5, 0.6) is 5.88 Å². The van der Waals surface area contributed by atoms with E-state index in [1.807, 2.05) is 41.2 Å². The third-order valence-electron chi connectivity index (χ3n) is 2.63. The SMILES string of the molecule is CCNc1cn2ccnc2c(OCc2cccs2)n1. The Balaban J connectivity index is 1.89. The monoisotopic (exact) mass is 274 g/mol. The summed E-state index contributed by atoms with van der Waals surface area (Å²) in [5.41, 5.74) is 0.734. The van der Waals surface area contributed by atoms with Gasteiger partial charge in [0.15, 0.2) is 0 Å². The molecule has 0 atom stereocenters. The van der Waals surface area contributed by atoms with Crippen molar-refractivity contribution in [1.82, 2.24) is 14.4 Å². The van der Waals surface area contributed by atoms with Gasteiger partial charge in [-0.2, -0.15) is 4.98 Å². The number of fused-ring (bicyclic) bond motifs is 1. The van der Waals surface area contributed by atoms with Gasteiger partial charge in [0.25, 0.3) is 5.88 Å². The van der Waals surface area contributed by atoms with Crippen molar-refractivity contribution in [3.8, 4) is 5.88 Å². The Morgan fingerprint density at radius 1 is 1.47 bits per heavy atom. The average Bonchev–Trinajstić information content (AvgIpc) is 3.07. The highest BCUT2D eigenvalue weighted by Gasteiger charge is 2.09.